The van der Waals surface area contributed by atoms with E-state index in [2.05, 4.69) is 6.92 Å². The molecule has 0 heterocycles. The van der Waals surface area contributed by atoms with E-state index >= 15 is 0 Å². The second-order valence-electron chi connectivity index (χ2n) is 3.78. The molecule has 0 fully saturated rings. The molecule has 4 heteroatoms. The molecule has 17 heavy (non-hydrogen) atoms. The number of carbonyl (C=O) groups excluding carboxylic acids is 1. The van der Waals surface area contributed by atoms with Crippen LogP contribution in [0.4, 0.5) is 0 Å². The monoisotopic (exact) mass is 440 g/mol. The Morgan fingerprint density at radius 2 is 2.00 bits per heavy atom. The fourth-order valence-electron chi connectivity index (χ4n) is 1.61. The maximum absolute atomic E-state index is 11.2. The van der Waals surface area contributed by atoms with Crippen LogP contribution in [0.2, 0.25) is 0 Å². The first-order valence-electron chi connectivity index (χ1n) is 5.70. The topological polar surface area (TPSA) is 26.3 Å². The summed E-state index contributed by atoms with van der Waals surface area (Å²) in [6, 6.07) is 9.73. The summed E-state index contributed by atoms with van der Waals surface area (Å²) in [5.74, 6) is 0.424. The van der Waals surface area contributed by atoms with Gasteiger partial charge in [-0.2, -0.15) is 0 Å². The number of allylic oxidation sites excluding steroid dienone is 1. The fraction of sp³-hybridized carbons (Fsp3) is 0.308. The average molecular weight is 439 g/mol. The predicted octanol–water partition coefficient (Wildman–Crippen LogP) is 3.95. The summed E-state index contributed by atoms with van der Waals surface area (Å²) in [4.78, 5) is 11.2. The van der Waals surface area contributed by atoms with Gasteiger partial charge in [-0.05, 0) is 0 Å². The quantitative estimate of drug-likeness (QED) is 0.395. The first-order chi connectivity index (χ1) is 8.19. The molecule has 0 unspecified atom stereocenters. The number of benzene rings is 1. The summed E-state index contributed by atoms with van der Waals surface area (Å²) in [5, 5.41) is 0. The third-order valence-electron chi connectivity index (χ3n) is 2.32. The molecule has 0 saturated carbocycles. The van der Waals surface area contributed by atoms with E-state index in [1.54, 1.807) is 0 Å². The Labute approximate surface area is 118 Å². The van der Waals surface area contributed by atoms with Gasteiger partial charge in [0.15, 0.2) is 0 Å². The van der Waals surface area contributed by atoms with E-state index in [-0.39, 0.29) is 5.97 Å². The van der Waals surface area contributed by atoms with Crippen LogP contribution in [0.1, 0.15) is 32.3 Å². The van der Waals surface area contributed by atoms with Crippen molar-refractivity contribution in [1.29, 1.82) is 0 Å². The Balaban J connectivity index is 3.14. The minimum atomic E-state index is -1.58. The van der Waals surface area contributed by atoms with E-state index < -0.39 is 23.3 Å². The number of hydrogen-bond acceptors (Lipinski definition) is 2. The van der Waals surface area contributed by atoms with Gasteiger partial charge in [-0.1, -0.05) is 0 Å². The molecule has 88 valence electrons. The Hall–Kier alpha value is -0.345. The van der Waals surface area contributed by atoms with Crippen molar-refractivity contribution >= 4 is 20.0 Å². The van der Waals surface area contributed by atoms with Crippen molar-refractivity contribution in [3.8, 4) is 0 Å². The summed E-state index contributed by atoms with van der Waals surface area (Å²) in [6.07, 6.45) is 1.96. The zero-order valence-corrected chi connectivity index (χ0v) is 16.5. The van der Waals surface area contributed by atoms with Crippen LogP contribution >= 0.6 is 8.25 Å². The number of halogens is 1. The first kappa shape index (κ1) is 14.7. The molecule has 0 saturated heterocycles. The van der Waals surface area contributed by atoms with Crippen LogP contribution in [0.5, 0.6) is 0 Å². The summed E-state index contributed by atoms with van der Waals surface area (Å²) in [5.41, 5.74) is 0.951. The van der Waals surface area contributed by atoms with Crippen LogP contribution in [0, 0.1) is 0 Å². The normalized spacial score (nSPS) is 11.5. The van der Waals surface area contributed by atoms with E-state index in [0.29, 0.717) is 5.76 Å². The first-order valence-corrected chi connectivity index (χ1v) is 15.2. The number of hydrogen-bond donors (Lipinski definition) is 0. The van der Waals surface area contributed by atoms with Gasteiger partial charge >= 0.3 is 119 Å². The predicted molar refractivity (Wildman–Crippen MR) is 65.9 cm³/mol. The molecule has 0 amide bonds. The van der Waals surface area contributed by atoms with Crippen molar-refractivity contribution in [1.82, 2.24) is 0 Å². The Kier molecular flexibility index (Phi) is 6.82. The molecule has 0 aliphatic carbocycles. The van der Waals surface area contributed by atoms with E-state index in [0.717, 1.165) is 18.4 Å². The van der Waals surface area contributed by atoms with E-state index in [1.807, 2.05) is 30.3 Å². The van der Waals surface area contributed by atoms with Crippen LogP contribution in [0.15, 0.2) is 33.4 Å². The zero-order chi connectivity index (χ0) is 12.7. The van der Waals surface area contributed by atoms with Crippen molar-refractivity contribution in [2.24, 2.45) is 0 Å². The molecule has 0 aromatic heterocycles. The number of rotatable bonds is 5. The minimum absolute atomic E-state index is 0.282. The standard InChI is InChI=1S/C13H15O2.ClH.Hg/c1-3-4-10-13(15-11(2)14)12-8-6-5-7-9-12;;/h5-9H,3-4H2,1-2H3;1H;/q;;+1/p-1. The molecule has 0 aliphatic heterocycles. The van der Waals surface area contributed by atoms with E-state index in [4.69, 9.17) is 13.0 Å². The molecule has 0 spiro atoms. The Morgan fingerprint density at radius 1 is 1.35 bits per heavy atom. The van der Waals surface area contributed by atoms with E-state index in [1.165, 1.54) is 10.0 Å². The average Bonchev–Trinajstić information content (AvgIpc) is 2.34. The van der Waals surface area contributed by atoms with Gasteiger partial charge in [-0.15, -0.1) is 0 Å². The van der Waals surface area contributed by atoms with Gasteiger partial charge < -0.3 is 0 Å². The van der Waals surface area contributed by atoms with Crippen molar-refractivity contribution in [3.05, 3.63) is 39.0 Å². The molecule has 1 aromatic carbocycles. The zero-order valence-electron chi connectivity index (χ0n) is 10.2. The van der Waals surface area contributed by atoms with Gasteiger partial charge in [0.1, 0.15) is 0 Å². The van der Waals surface area contributed by atoms with Gasteiger partial charge in [0.25, 0.3) is 0 Å². The summed E-state index contributed by atoms with van der Waals surface area (Å²) < 4.78 is 6.54. The van der Waals surface area contributed by atoms with Crippen molar-refractivity contribution in [2.45, 2.75) is 26.7 Å². The third-order valence-corrected chi connectivity index (χ3v) is 9.02. The molecule has 0 radical (unpaired) electrons. The molecule has 1 aromatic rings. The summed E-state index contributed by atoms with van der Waals surface area (Å²) in [7, 11) is 6.15. The molecular weight excluding hydrogens is 424 g/mol. The molecular formula is C13H15ClHgO2. The van der Waals surface area contributed by atoms with Gasteiger partial charge in [-0.3, -0.25) is 0 Å². The fourth-order valence-corrected chi connectivity index (χ4v) is 7.29. The third kappa shape index (κ3) is 4.80. The Bertz CT molecular complexity index is 401. The van der Waals surface area contributed by atoms with Gasteiger partial charge in [-0.25, -0.2) is 0 Å². The summed E-state index contributed by atoms with van der Waals surface area (Å²) >= 11 is -1.58. The van der Waals surface area contributed by atoms with Crippen molar-refractivity contribution in [2.75, 3.05) is 0 Å². The maximum atomic E-state index is 11.2. The van der Waals surface area contributed by atoms with Crippen LogP contribution in [-0.2, 0) is 32.9 Å². The summed E-state index contributed by atoms with van der Waals surface area (Å²) in [6.45, 7) is 3.54. The number of esters is 1. The van der Waals surface area contributed by atoms with E-state index in [9.17, 15) is 4.79 Å². The van der Waals surface area contributed by atoms with Crippen LogP contribution in [-0.4, -0.2) is 5.97 Å². The second kappa shape index (κ2) is 7.88. The molecule has 0 bridgehead atoms. The van der Waals surface area contributed by atoms with Gasteiger partial charge in [0.05, 0.1) is 0 Å². The molecule has 0 atom stereocenters. The number of ether oxygens (including phenoxy) is 1. The van der Waals surface area contributed by atoms with Gasteiger partial charge in [0.2, 0.25) is 0 Å². The Morgan fingerprint density at radius 3 is 2.47 bits per heavy atom. The van der Waals surface area contributed by atoms with Crippen LogP contribution < -0.4 is 0 Å². The number of carbonyl (C=O) groups is 1. The van der Waals surface area contributed by atoms with Crippen LogP contribution in [0.3, 0.4) is 0 Å². The van der Waals surface area contributed by atoms with Crippen molar-refractivity contribution < 1.29 is 32.9 Å². The second-order valence-corrected chi connectivity index (χ2v) is 10.5. The van der Waals surface area contributed by atoms with Crippen LogP contribution in [0.25, 0.3) is 5.76 Å². The van der Waals surface area contributed by atoms with Gasteiger partial charge in [0, 0.05) is 0 Å². The molecule has 0 N–H and O–H groups in total. The SMILES string of the molecule is CCC/[C]([Hg][Cl])=C(\OC(C)=O)c1ccccc1. The molecule has 1 rings (SSSR count). The molecule has 0 aliphatic rings. The molecule has 2 nitrogen and oxygen atoms in total. The van der Waals surface area contributed by atoms with Crippen molar-refractivity contribution in [3.63, 3.8) is 0 Å².